The molecular weight excluding hydrogens is 336 g/mol. The molecule has 1 saturated heterocycles. The molecule has 0 bridgehead atoms. The van der Waals surface area contributed by atoms with Crippen molar-refractivity contribution >= 4 is 11.8 Å². The second-order valence-electron chi connectivity index (χ2n) is 7.29. The number of hydrogen-bond acceptors (Lipinski definition) is 4. The van der Waals surface area contributed by atoms with Crippen molar-refractivity contribution in [2.45, 2.75) is 63.5 Å². The lowest BCUT2D eigenvalue weighted by Gasteiger charge is -2.29. The Labute approximate surface area is 152 Å². The minimum absolute atomic E-state index is 0.0132. The number of H-pyrrole nitrogens is 2. The Morgan fingerprint density at radius 1 is 1.15 bits per heavy atom. The number of aromatic amines is 2. The van der Waals surface area contributed by atoms with Crippen molar-refractivity contribution in [1.29, 1.82) is 0 Å². The fraction of sp³-hybridized carbons (Fsp3) is 0.722. The summed E-state index contributed by atoms with van der Waals surface area (Å²) in [5.74, 6) is -0.0421. The van der Waals surface area contributed by atoms with Crippen molar-refractivity contribution in [2.24, 2.45) is 5.92 Å². The lowest BCUT2D eigenvalue weighted by Crippen LogP contribution is -2.43. The lowest BCUT2D eigenvalue weighted by molar-refractivity contribution is -0.127. The molecule has 0 spiro atoms. The molecule has 4 N–H and O–H groups in total. The van der Waals surface area contributed by atoms with Crippen LogP contribution in [0.5, 0.6) is 0 Å². The highest BCUT2D eigenvalue weighted by Crippen LogP contribution is 2.24. The lowest BCUT2D eigenvalue weighted by atomic mass is 9.85. The number of hydrogen-bond donors (Lipinski definition) is 4. The van der Waals surface area contributed by atoms with Gasteiger partial charge in [-0.3, -0.25) is 19.5 Å². The predicted molar refractivity (Wildman–Crippen MR) is 95.6 cm³/mol. The normalized spacial score (nSPS) is 26.2. The highest BCUT2D eigenvalue weighted by Gasteiger charge is 2.27. The quantitative estimate of drug-likeness (QED) is 0.592. The van der Waals surface area contributed by atoms with Crippen LogP contribution in [-0.2, 0) is 20.7 Å². The van der Waals surface area contributed by atoms with Gasteiger partial charge in [0.15, 0.2) is 0 Å². The number of amides is 2. The number of aromatic nitrogens is 2. The summed E-state index contributed by atoms with van der Waals surface area (Å²) in [6, 6.07) is 0.0752. The van der Waals surface area contributed by atoms with Gasteiger partial charge in [-0.05, 0) is 44.9 Å². The smallest absolute Gasteiger partial charge is 0.267 e. The number of rotatable bonds is 6. The summed E-state index contributed by atoms with van der Waals surface area (Å²) >= 11 is 0. The van der Waals surface area contributed by atoms with Gasteiger partial charge in [0.25, 0.3) is 5.56 Å². The molecule has 1 atom stereocenters. The number of carbonyl (C=O) groups is 2. The SMILES string of the molecule is O=C(Cc1c[nH][nH]c1=O)NC1CCC(C(=O)NCC2CCCCO2)CC1. The zero-order valence-electron chi connectivity index (χ0n) is 15.0. The van der Waals surface area contributed by atoms with Crippen LogP contribution >= 0.6 is 0 Å². The first-order chi connectivity index (χ1) is 12.6. The maximum Gasteiger partial charge on any atom is 0.267 e. The van der Waals surface area contributed by atoms with Gasteiger partial charge in [-0.25, -0.2) is 0 Å². The van der Waals surface area contributed by atoms with E-state index < -0.39 is 0 Å². The fourth-order valence-electron chi connectivity index (χ4n) is 3.74. The largest absolute Gasteiger partial charge is 0.376 e. The molecule has 1 aromatic heterocycles. The average Bonchev–Trinajstić information content (AvgIpc) is 3.05. The molecule has 1 saturated carbocycles. The molecule has 8 heteroatoms. The molecule has 2 heterocycles. The zero-order valence-corrected chi connectivity index (χ0v) is 15.0. The molecule has 1 unspecified atom stereocenters. The van der Waals surface area contributed by atoms with Crippen molar-refractivity contribution in [3.05, 3.63) is 22.1 Å². The third-order valence-electron chi connectivity index (χ3n) is 5.32. The Bertz CT molecular complexity index is 654. The molecule has 1 aliphatic heterocycles. The molecule has 8 nitrogen and oxygen atoms in total. The van der Waals surface area contributed by atoms with Gasteiger partial charge >= 0.3 is 0 Å². The summed E-state index contributed by atoms with van der Waals surface area (Å²) in [7, 11) is 0. The molecule has 3 rings (SSSR count). The molecule has 2 amide bonds. The second-order valence-corrected chi connectivity index (χ2v) is 7.29. The Balaban J connectivity index is 1.35. The van der Waals surface area contributed by atoms with Crippen LogP contribution in [0.1, 0.15) is 50.5 Å². The number of nitrogens with one attached hydrogen (secondary N) is 4. The minimum atomic E-state index is -0.262. The van der Waals surface area contributed by atoms with Crippen molar-refractivity contribution in [2.75, 3.05) is 13.2 Å². The topological polar surface area (TPSA) is 116 Å². The van der Waals surface area contributed by atoms with E-state index in [1.54, 1.807) is 0 Å². The predicted octanol–water partition coefficient (Wildman–Crippen LogP) is 0.606. The first-order valence-electron chi connectivity index (χ1n) is 9.55. The Kier molecular flexibility index (Phi) is 6.49. The van der Waals surface area contributed by atoms with Crippen LogP contribution in [0, 0.1) is 5.92 Å². The molecule has 1 aromatic rings. The maximum atomic E-state index is 12.3. The summed E-state index contributed by atoms with van der Waals surface area (Å²) in [5, 5.41) is 11.0. The maximum absolute atomic E-state index is 12.3. The summed E-state index contributed by atoms with van der Waals surface area (Å²) in [5.41, 5.74) is 0.169. The van der Waals surface area contributed by atoms with Crippen LogP contribution < -0.4 is 16.2 Å². The van der Waals surface area contributed by atoms with Crippen LogP contribution in [0.3, 0.4) is 0 Å². The van der Waals surface area contributed by atoms with Crippen LogP contribution in [0.4, 0.5) is 0 Å². The molecule has 0 aromatic carbocycles. The first-order valence-corrected chi connectivity index (χ1v) is 9.55. The third-order valence-corrected chi connectivity index (χ3v) is 5.32. The van der Waals surface area contributed by atoms with E-state index in [-0.39, 0.29) is 41.9 Å². The summed E-state index contributed by atoms with van der Waals surface area (Å²) < 4.78 is 5.64. The Morgan fingerprint density at radius 2 is 1.96 bits per heavy atom. The fourth-order valence-corrected chi connectivity index (χ4v) is 3.74. The summed E-state index contributed by atoms with van der Waals surface area (Å²) in [4.78, 5) is 35.8. The summed E-state index contributed by atoms with van der Waals surface area (Å²) in [6.45, 7) is 1.39. The zero-order chi connectivity index (χ0) is 18.4. The second kappa shape index (κ2) is 9.02. The van der Waals surface area contributed by atoms with Gasteiger partial charge in [0, 0.05) is 36.9 Å². The van der Waals surface area contributed by atoms with Gasteiger partial charge in [0.1, 0.15) is 0 Å². The standard InChI is InChI=1S/C18H28N4O4/c23-16(9-13-10-20-22-18(13)25)21-14-6-4-12(5-7-14)17(24)19-11-15-3-1-2-8-26-15/h10,12,14-15H,1-9,11H2,(H,19,24)(H,21,23)(H2,20,22,25). The van der Waals surface area contributed by atoms with Crippen LogP contribution in [-0.4, -0.2) is 47.3 Å². The van der Waals surface area contributed by atoms with E-state index in [1.807, 2.05) is 0 Å². The summed E-state index contributed by atoms with van der Waals surface area (Å²) in [6.07, 6.45) is 8.14. The van der Waals surface area contributed by atoms with Crippen molar-refractivity contribution < 1.29 is 14.3 Å². The van der Waals surface area contributed by atoms with E-state index >= 15 is 0 Å². The molecule has 2 fully saturated rings. The average molecular weight is 364 g/mol. The molecule has 144 valence electrons. The van der Waals surface area contributed by atoms with E-state index in [9.17, 15) is 14.4 Å². The van der Waals surface area contributed by atoms with E-state index in [2.05, 4.69) is 20.8 Å². The van der Waals surface area contributed by atoms with Crippen molar-refractivity contribution in [3.63, 3.8) is 0 Å². The van der Waals surface area contributed by atoms with Gasteiger partial charge in [0.05, 0.1) is 12.5 Å². The van der Waals surface area contributed by atoms with Gasteiger partial charge in [-0.1, -0.05) is 0 Å². The molecule has 0 radical (unpaired) electrons. The van der Waals surface area contributed by atoms with E-state index in [0.29, 0.717) is 12.1 Å². The number of ether oxygens (including phenoxy) is 1. The molecule has 2 aliphatic rings. The molecule has 26 heavy (non-hydrogen) atoms. The highest BCUT2D eigenvalue weighted by molar-refractivity contribution is 5.79. The van der Waals surface area contributed by atoms with Crippen molar-refractivity contribution in [1.82, 2.24) is 20.8 Å². The van der Waals surface area contributed by atoms with Crippen LogP contribution in [0.25, 0.3) is 0 Å². The van der Waals surface area contributed by atoms with E-state index in [1.165, 1.54) is 12.6 Å². The van der Waals surface area contributed by atoms with Crippen molar-refractivity contribution in [3.8, 4) is 0 Å². The molecular formula is C18H28N4O4. The van der Waals surface area contributed by atoms with Gasteiger partial charge in [0.2, 0.25) is 11.8 Å². The Morgan fingerprint density at radius 3 is 2.62 bits per heavy atom. The van der Waals surface area contributed by atoms with Gasteiger partial charge in [-0.15, -0.1) is 0 Å². The van der Waals surface area contributed by atoms with Crippen LogP contribution in [0.2, 0.25) is 0 Å². The van der Waals surface area contributed by atoms with E-state index in [4.69, 9.17) is 4.74 Å². The number of carbonyl (C=O) groups excluding carboxylic acids is 2. The van der Waals surface area contributed by atoms with Gasteiger partial charge < -0.3 is 20.5 Å². The first kappa shape index (κ1) is 18.7. The van der Waals surface area contributed by atoms with Crippen LogP contribution in [0.15, 0.2) is 11.0 Å². The van der Waals surface area contributed by atoms with Gasteiger partial charge in [-0.2, -0.15) is 0 Å². The third kappa shape index (κ3) is 5.20. The molecule has 1 aliphatic carbocycles. The monoisotopic (exact) mass is 364 g/mol. The Hall–Kier alpha value is -2.09. The van der Waals surface area contributed by atoms with E-state index in [0.717, 1.165) is 45.1 Å². The highest BCUT2D eigenvalue weighted by atomic mass is 16.5. The minimum Gasteiger partial charge on any atom is -0.376 e.